The summed E-state index contributed by atoms with van der Waals surface area (Å²) in [6.07, 6.45) is 6.17. The van der Waals surface area contributed by atoms with E-state index in [0.29, 0.717) is 18.8 Å². The topological polar surface area (TPSA) is 35.6 Å². The Bertz CT molecular complexity index is 536. The first-order chi connectivity index (χ1) is 13.7. The molecule has 0 spiro atoms. The van der Waals surface area contributed by atoms with Crippen LogP contribution in [0.4, 0.5) is 0 Å². The Morgan fingerprint density at radius 3 is 2.46 bits per heavy atom. The molecule has 0 saturated carbocycles. The van der Waals surface area contributed by atoms with Gasteiger partial charge in [-0.2, -0.15) is 25.3 Å². The number of amides is 1. The maximum Gasteiger partial charge on any atom is 0.234 e. The summed E-state index contributed by atoms with van der Waals surface area (Å²) in [6, 6.07) is 11.0. The SMILES string of the molecule is O=C(CN(CCS)CCCCCN1CCC(c2ccccc2)CC1)NCCS. The van der Waals surface area contributed by atoms with E-state index in [2.05, 4.69) is 70.7 Å². The van der Waals surface area contributed by atoms with Gasteiger partial charge < -0.3 is 10.2 Å². The average molecular weight is 424 g/mol. The third-order valence-electron chi connectivity index (χ3n) is 5.52. The molecule has 1 aliphatic rings. The van der Waals surface area contributed by atoms with E-state index in [4.69, 9.17) is 0 Å². The van der Waals surface area contributed by atoms with E-state index < -0.39 is 0 Å². The van der Waals surface area contributed by atoms with Crippen LogP contribution >= 0.6 is 25.3 Å². The van der Waals surface area contributed by atoms with E-state index in [0.717, 1.165) is 31.2 Å². The molecular formula is C22H37N3OS2. The normalized spacial score (nSPS) is 15.8. The van der Waals surface area contributed by atoms with Crippen molar-refractivity contribution in [2.45, 2.75) is 38.0 Å². The predicted octanol–water partition coefficient (Wildman–Crippen LogP) is 3.31. The van der Waals surface area contributed by atoms with Crippen molar-refractivity contribution in [2.24, 2.45) is 0 Å². The number of carbonyl (C=O) groups is 1. The highest BCUT2D eigenvalue weighted by Crippen LogP contribution is 2.27. The fourth-order valence-corrected chi connectivity index (χ4v) is 4.32. The highest BCUT2D eigenvalue weighted by atomic mass is 32.1. The highest BCUT2D eigenvalue weighted by molar-refractivity contribution is 7.80. The van der Waals surface area contributed by atoms with E-state index >= 15 is 0 Å². The summed E-state index contributed by atoms with van der Waals surface area (Å²) in [6.45, 7) is 6.60. The van der Waals surface area contributed by atoms with Crippen LogP contribution in [0, 0.1) is 0 Å². The first kappa shape index (κ1) is 23.6. The second-order valence-corrected chi connectivity index (χ2v) is 8.55. The zero-order valence-corrected chi connectivity index (χ0v) is 18.8. The van der Waals surface area contributed by atoms with Crippen molar-refractivity contribution in [1.82, 2.24) is 15.1 Å². The molecular weight excluding hydrogens is 386 g/mol. The molecule has 1 amide bonds. The number of nitrogens with zero attached hydrogens (tertiary/aromatic N) is 2. The van der Waals surface area contributed by atoms with Crippen LogP contribution in [0.25, 0.3) is 0 Å². The van der Waals surface area contributed by atoms with Gasteiger partial charge in [-0.05, 0) is 63.3 Å². The lowest BCUT2D eigenvalue weighted by Gasteiger charge is -2.32. The maximum absolute atomic E-state index is 11.9. The Morgan fingerprint density at radius 1 is 1.04 bits per heavy atom. The lowest BCUT2D eigenvalue weighted by atomic mass is 9.89. The summed E-state index contributed by atoms with van der Waals surface area (Å²) in [5, 5.41) is 2.89. The standard InChI is InChI=1S/C22H37N3OS2/c26-22(23-11-17-27)19-25(16-18-28)13-6-2-5-12-24-14-9-21(10-15-24)20-7-3-1-4-8-20/h1,3-4,7-8,21,27-28H,2,5-6,9-19H2,(H,23,26). The summed E-state index contributed by atoms with van der Waals surface area (Å²) in [5.41, 5.74) is 1.50. The predicted molar refractivity (Wildman–Crippen MR) is 126 cm³/mol. The summed E-state index contributed by atoms with van der Waals surface area (Å²) >= 11 is 8.46. The van der Waals surface area contributed by atoms with Gasteiger partial charge in [-0.25, -0.2) is 0 Å². The number of benzene rings is 1. The Labute approximate surface area is 182 Å². The number of nitrogens with one attached hydrogen (secondary N) is 1. The molecule has 4 nitrogen and oxygen atoms in total. The van der Waals surface area contributed by atoms with Crippen LogP contribution < -0.4 is 5.32 Å². The second-order valence-electron chi connectivity index (χ2n) is 7.66. The van der Waals surface area contributed by atoms with Gasteiger partial charge in [0.15, 0.2) is 0 Å². The van der Waals surface area contributed by atoms with Crippen LogP contribution in [0.15, 0.2) is 30.3 Å². The lowest BCUT2D eigenvalue weighted by Crippen LogP contribution is -2.39. The van der Waals surface area contributed by atoms with Gasteiger partial charge in [0.1, 0.15) is 0 Å². The minimum atomic E-state index is 0.0946. The van der Waals surface area contributed by atoms with Crippen LogP contribution in [0.1, 0.15) is 43.6 Å². The molecule has 1 saturated heterocycles. The Balaban J connectivity index is 1.56. The molecule has 1 N–H and O–H groups in total. The zero-order chi connectivity index (χ0) is 20.0. The number of hydrogen-bond acceptors (Lipinski definition) is 5. The Hall–Kier alpha value is -0.690. The van der Waals surface area contributed by atoms with Crippen LogP contribution in [0.5, 0.6) is 0 Å². The third kappa shape index (κ3) is 9.21. The van der Waals surface area contributed by atoms with E-state index in [9.17, 15) is 4.79 Å². The van der Waals surface area contributed by atoms with Gasteiger partial charge in [0, 0.05) is 24.6 Å². The van der Waals surface area contributed by atoms with Crippen molar-refractivity contribution >= 4 is 31.2 Å². The number of hydrogen-bond donors (Lipinski definition) is 3. The van der Waals surface area contributed by atoms with Crippen LogP contribution in [-0.2, 0) is 4.79 Å². The molecule has 0 aliphatic carbocycles. The van der Waals surface area contributed by atoms with Crippen molar-refractivity contribution in [3.8, 4) is 0 Å². The van der Waals surface area contributed by atoms with Gasteiger partial charge in [-0.3, -0.25) is 9.69 Å². The van der Waals surface area contributed by atoms with Crippen molar-refractivity contribution in [1.29, 1.82) is 0 Å². The molecule has 1 heterocycles. The number of unbranched alkanes of at least 4 members (excludes halogenated alkanes) is 2. The number of likely N-dealkylation sites (tertiary alicyclic amines) is 1. The summed E-state index contributed by atoms with van der Waals surface area (Å²) in [7, 11) is 0. The van der Waals surface area contributed by atoms with E-state index in [-0.39, 0.29) is 5.91 Å². The Morgan fingerprint density at radius 2 is 1.79 bits per heavy atom. The van der Waals surface area contributed by atoms with Crippen LogP contribution in [0.2, 0.25) is 0 Å². The molecule has 1 aliphatic heterocycles. The van der Waals surface area contributed by atoms with Gasteiger partial charge in [0.25, 0.3) is 0 Å². The molecule has 28 heavy (non-hydrogen) atoms. The van der Waals surface area contributed by atoms with Gasteiger partial charge in [-0.15, -0.1) is 0 Å². The summed E-state index contributed by atoms with van der Waals surface area (Å²) in [4.78, 5) is 16.7. The van der Waals surface area contributed by atoms with Gasteiger partial charge in [-0.1, -0.05) is 36.8 Å². The molecule has 0 bridgehead atoms. The molecule has 6 heteroatoms. The number of rotatable bonds is 13. The molecule has 0 unspecified atom stereocenters. The largest absolute Gasteiger partial charge is 0.354 e. The minimum Gasteiger partial charge on any atom is -0.354 e. The number of carbonyl (C=O) groups excluding carboxylic acids is 1. The van der Waals surface area contributed by atoms with Gasteiger partial charge in [0.2, 0.25) is 5.91 Å². The first-order valence-corrected chi connectivity index (χ1v) is 12.0. The van der Waals surface area contributed by atoms with E-state index in [1.807, 2.05) is 0 Å². The second kappa shape index (κ2) is 14.3. The van der Waals surface area contributed by atoms with Gasteiger partial charge in [0.05, 0.1) is 6.54 Å². The first-order valence-electron chi connectivity index (χ1n) is 10.7. The average Bonchev–Trinajstić information content (AvgIpc) is 2.73. The quantitative estimate of drug-likeness (QED) is 0.336. The zero-order valence-electron chi connectivity index (χ0n) is 17.1. The lowest BCUT2D eigenvalue weighted by molar-refractivity contribution is -0.122. The monoisotopic (exact) mass is 423 g/mol. The molecule has 1 aromatic carbocycles. The van der Waals surface area contributed by atoms with E-state index in [1.165, 1.54) is 50.9 Å². The van der Waals surface area contributed by atoms with Crippen molar-refractivity contribution in [3.05, 3.63) is 35.9 Å². The molecule has 1 fully saturated rings. The highest BCUT2D eigenvalue weighted by Gasteiger charge is 2.19. The van der Waals surface area contributed by atoms with Crippen molar-refractivity contribution in [2.75, 3.05) is 57.3 Å². The molecule has 2 rings (SSSR count). The smallest absolute Gasteiger partial charge is 0.234 e. The van der Waals surface area contributed by atoms with Crippen LogP contribution in [-0.4, -0.2) is 73.0 Å². The molecule has 0 atom stereocenters. The van der Waals surface area contributed by atoms with E-state index in [1.54, 1.807) is 0 Å². The maximum atomic E-state index is 11.9. The third-order valence-corrected chi connectivity index (χ3v) is 5.95. The summed E-state index contributed by atoms with van der Waals surface area (Å²) in [5.74, 6) is 2.30. The minimum absolute atomic E-state index is 0.0946. The molecule has 0 aromatic heterocycles. The van der Waals surface area contributed by atoms with Crippen molar-refractivity contribution in [3.63, 3.8) is 0 Å². The molecule has 1 aromatic rings. The van der Waals surface area contributed by atoms with Crippen molar-refractivity contribution < 1.29 is 4.79 Å². The van der Waals surface area contributed by atoms with Gasteiger partial charge >= 0.3 is 0 Å². The fourth-order valence-electron chi connectivity index (χ4n) is 3.93. The Kier molecular flexibility index (Phi) is 12.1. The fraction of sp³-hybridized carbons (Fsp3) is 0.682. The number of thiol groups is 2. The molecule has 158 valence electrons. The van der Waals surface area contributed by atoms with Crippen LogP contribution in [0.3, 0.4) is 0 Å². The summed E-state index contributed by atoms with van der Waals surface area (Å²) < 4.78 is 0. The molecule has 0 radical (unpaired) electrons. The number of piperidine rings is 1.